The summed E-state index contributed by atoms with van der Waals surface area (Å²) in [6.07, 6.45) is 4.07. The van der Waals surface area contributed by atoms with Crippen molar-refractivity contribution in [2.45, 2.75) is 18.9 Å². The Bertz CT molecular complexity index is 601. The Morgan fingerprint density at radius 3 is 2.89 bits per heavy atom. The van der Waals surface area contributed by atoms with E-state index in [4.69, 9.17) is 16.3 Å². The SMILES string of the molecule is COC(=O)C(C1CC1)n1ccc2cccc(Cl)c21. The van der Waals surface area contributed by atoms with Gasteiger partial charge in [-0.1, -0.05) is 23.7 Å². The zero-order valence-electron chi connectivity index (χ0n) is 10.1. The van der Waals surface area contributed by atoms with Crippen LogP contribution in [-0.2, 0) is 9.53 Å². The number of aromatic nitrogens is 1. The maximum Gasteiger partial charge on any atom is 0.329 e. The quantitative estimate of drug-likeness (QED) is 0.795. The van der Waals surface area contributed by atoms with Crippen molar-refractivity contribution in [3.05, 3.63) is 35.5 Å². The number of fused-ring (bicyclic) bond motifs is 1. The van der Waals surface area contributed by atoms with E-state index in [1.54, 1.807) is 0 Å². The standard InChI is InChI=1S/C14H14ClNO2/c1-18-14(17)13(10-5-6-10)16-8-7-9-3-2-4-11(15)12(9)16/h2-4,7-8,10,13H,5-6H2,1H3. The van der Waals surface area contributed by atoms with Crippen molar-refractivity contribution in [3.63, 3.8) is 0 Å². The molecule has 0 spiro atoms. The highest BCUT2D eigenvalue weighted by Gasteiger charge is 2.38. The van der Waals surface area contributed by atoms with E-state index >= 15 is 0 Å². The van der Waals surface area contributed by atoms with Crippen molar-refractivity contribution >= 4 is 28.5 Å². The first-order valence-electron chi connectivity index (χ1n) is 6.05. The molecule has 94 valence electrons. The molecule has 0 aliphatic heterocycles. The Labute approximate surface area is 110 Å². The lowest BCUT2D eigenvalue weighted by atomic mass is 10.1. The van der Waals surface area contributed by atoms with Crippen molar-refractivity contribution in [1.29, 1.82) is 0 Å². The number of hydrogen-bond acceptors (Lipinski definition) is 2. The predicted octanol–water partition coefficient (Wildman–Crippen LogP) is 3.42. The van der Waals surface area contributed by atoms with Crippen LogP contribution in [0.2, 0.25) is 5.02 Å². The van der Waals surface area contributed by atoms with E-state index in [2.05, 4.69) is 0 Å². The molecular formula is C14H14ClNO2. The molecule has 4 heteroatoms. The molecule has 1 heterocycles. The molecule has 0 radical (unpaired) electrons. The van der Waals surface area contributed by atoms with Gasteiger partial charge < -0.3 is 9.30 Å². The molecule has 0 saturated heterocycles. The fraction of sp³-hybridized carbons (Fsp3) is 0.357. The second-order valence-electron chi connectivity index (χ2n) is 4.71. The molecule has 1 aliphatic rings. The van der Waals surface area contributed by atoms with E-state index in [-0.39, 0.29) is 12.0 Å². The monoisotopic (exact) mass is 263 g/mol. The summed E-state index contributed by atoms with van der Waals surface area (Å²) in [6, 6.07) is 7.51. The van der Waals surface area contributed by atoms with Gasteiger partial charge in [-0.25, -0.2) is 4.79 Å². The maximum absolute atomic E-state index is 12.0. The molecular weight excluding hydrogens is 250 g/mol. The summed E-state index contributed by atoms with van der Waals surface area (Å²) in [5.41, 5.74) is 0.918. The molecule has 2 aromatic rings. The molecule has 0 amide bonds. The molecule has 1 fully saturated rings. The third kappa shape index (κ3) is 1.79. The van der Waals surface area contributed by atoms with Gasteiger partial charge in [0.1, 0.15) is 6.04 Å². The molecule has 1 aliphatic carbocycles. The van der Waals surface area contributed by atoms with Gasteiger partial charge in [0.25, 0.3) is 0 Å². The smallest absolute Gasteiger partial charge is 0.329 e. The van der Waals surface area contributed by atoms with Crippen LogP contribution in [0.1, 0.15) is 18.9 Å². The van der Waals surface area contributed by atoms with Gasteiger partial charge >= 0.3 is 5.97 Å². The van der Waals surface area contributed by atoms with Crippen LogP contribution in [0, 0.1) is 5.92 Å². The number of halogens is 1. The highest BCUT2D eigenvalue weighted by molar-refractivity contribution is 6.35. The largest absolute Gasteiger partial charge is 0.467 e. The maximum atomic E-state index is 12.0. The Morgan fingerprint density at radius 1 is 1.44 bits per heavy atom. The lowest BCUT2D eigenvalue weighted by Gasteiger charge is -2.17. The van der Waals surface area contributed by atoms with E-state index in [0.29, 0.717) is 10.9 Å². The van der Waals surface area contributed by atoms with Crippen LogP contribution in [0.4, 0.5) is 0 Å². The Hall–Kier alpha value is -1.48. The van der Waals surface area contributed by atoms with Crippen LogP contribution in [0.3, 0.4) is 0 Å². The number of rotatable bonds is 3. The summed E-state index contributed by atoms with van der Waals surface area (Å²) in [5.74, 6) is 0.194. The summed E-state index contributed by atoms with van der Waals surface area (Å²) in [7, 11) is 1.44. The normalized spacial score (nSPS) is 16.8. The summed E-state index contributed by atoms with van der Waals surface area (Å²) in [6.45, 7) is 0. The number of hydrogen-bond donors (Lipinski definition) is 0. The first-order chi connectivity index (χ1) is 8.72. The van der Waals surface area contributed by atoms with E-state index in [9.17, 15) is 4.79 Å². The van der Waals surface area contributed by atoms with Crippen molar-refractivity contribution in [2.75, 3.05) is 7.11 Å². The van der Waals surface area contributed by atoms with E-state index in [1.165, 1.54) is 7.11 Å². The molecule has 1 atom stereocenters. The number of ether oxygens (including phenoxy) is 1. The Morgan fingerprint density at radius 2 is 2.22 bits per heavy atom. The summed E-state index contributed by atoms with van der Waals surface area (Å²) in [4.78, 5) is 12.0. The molecule has 1 aromatic carbocycles. The van der Waals surface area contributed by atoms with Crippen LogP contribution in [-0.4, -0.2) is 17.6 Å². The van der Waals surface area contributed by atoms with Gasteiger partial charge in [0.2, 0.25) is 0 Å². The molecule has 1 saturated carbocycles. The number of methoxy groups -OCH3 is 1. The minimum atomic E-state index is -0.243. The van der Waals surface area contributed by atoms with Gasteiger partial charge in [0.05, 0.1) is 17.6 Å². The average molecular weight is 264 g/mol. The minimum absolute atomic E-state index is 0.185. The van der Waals surface area contributed by atoms with Gasteiger partial charge in [-0.2, -0.15) is 0 Å². The minimum Gasteiger partial charge on any atom is -0.467 e. The number of esters is 1. The van der Waals surface area contributed by atoms with Crippen LogP contribution < -0.4 is 0 Å². The first kappa shape index (κ1) is 11.6. The van der Waals surface area contributed by atoms with Crippen LogP contribution in [0.25, 0.3) is 10.9 Å². The topological polar surface area (TPSA) is 31.2 Å². The van der Waals surface area contributed by atoms with Crippen molar-refractivity contribution < 1.29 is 9.53 Å². The highest BCUT2D eigenvalue weighted by Crippen LogP contribution is 2.42. The molecule has 0 N–H and O–H groups in total. The van der Waals surface area contributed by atoms with Crippen LogP contribution >= 0.6 is 11.6 Å². The fourth-order valence-electron chi connectivity index (χ4n) is 2.47. The van der Waals surface area contributed by atoms with E-state index < -0.39 is 0 Å². The molecule has 1 unspecified atom stereocenters. The average Bonchev–Trinajstić information content (AvgIpc) is 3.10. The van der Waals surface area contributed by atoms with Crippen molar-refractivity contribution in [1.82, 2.24) is 4.57 Å². The molecule has 3 rings (SSSR count). The first-order valence-corrected chi connectivity index (χ1v) is 6.43. The van der Waals surface area contributed by atoms with Crippen LogP contribution in [0.15, 0.2) is 30.5 Å². The second-order valence-corrected chi connectivity index (χ2v) is 5.11. The van der Waals surface area contributed by atoms with Crippen molar-refractivity contribution in [2.24, 2.45) is 5.92 Å². The molecule has 18 heavy (non-hydrogen) atoms. The summed E-state index contributed by atoms with van der Waals surface area (Å²) in [5, 5.41) is 1.73. The molecule has 0 bridgehead atoms. The lowest BCUT2D eigenvalue weighted by molar-refractivity contribution is -0.145. The Balaban J connectivity index is 2.14. The number of nitrogens with zero attached hydrogens (tertiary/aromatic N) is 1. The highest BCUT2D eigenvalue weighted by atomic mass is 35.5. The lowest BCUT2D eigenvalue weighted by Crippen LogP contribution is -2.22. The predicted molar refractivity (Wildman–Crippen MR) is 70.7 cm³/mol. The number of carbonyl (C=O) groups excluding carboxylic acids is 1. The third-order valence-corrected chi connectivity index (χ3v) is 3.81. The molecule has 3 nitrogen and oxygen atoms in total. The van der Waals surface area contributed by atoms with E-state index in [1.807, 2.05) is 35.0 Å². The summed E-state index contributed by atoms with van der Waals surface area (Å²) >= 11 is 6.25. The van der Waals surface area contributed by atoms with Gasteiger partial charge in [0.15, 0.2) is 0 Å². The van der Waals surface area contributed by atoms with E-state index in [0.717, 1.165) is 23.7 Å². The second kappa shape index (κ2) is 4.32. The fourth-order valence-corrected chi connectivity index (χ4v) is 2.75. The molecule has 1 aromatic heterocycles. The zero-order chi connectivity index (χ0) is 12.7. The van der Waals surface area contributed by atoms with Gasteiger partial charge in [-0.15, -0.1) is 0 Å². The number of para-hydroxylation sites is 1. The Kier molecular flexibility index (Phi) is 2.78. The van der Waals surface area contributed by atoms with Gasteiger partial charge in [-0.05, 0) is 30.9 Å². The van der Waals surface area contributed by atoms with Crippen molar-refractivity contribution in [3.8, 4) is 0 Å². The number of benzene rings is 1. The third-order valence-electron chi connectivity index (χ3n) is 3.50. The summed E-state index contributed by atoms with van der Waals surface area (Å²) < 4.78 is 6.88. The zero-order valence-corrected chi connectivity index (χ0v) is 10.9. The number of carbonyl (C=O) groups is 1. The van der Waals surface area contributed by atoms with Gasteiger partial charge in [0, 0.05) is 11.6 Å². The van der Waals surface area contributed by atoms with Crippen LogP contribution in [0.5, 0.6) is 0 Å². The van der Waals surface area contributed by atoms with Gasteiger partial charge in [-0.3, -0.25) is 0 Å².